The fourth-order valence-electron chi connectivity index (χ4n) is 3.22. The van der Waals surface area contributed by atoms with Gasteiger partial charge >= 0.3 is 0 Å². The van der Waals surface area contributed by atoms with Crippen LogP contribution in [0.2, 0.25) is 0 Å². The van der Waals surface area contributed by atoms with Crippen LogP contribution in [0.15, 0.2) is 0 Å². The van der Waals surface area contributed by atoms with Crippen LogP contribution in [0.5, 0.6) is 0 Å². The molecule has 1 saturated carbocycles. The zero-order valence-corrected chi connectivity index (χ0v) is 13.7. The topological polar surface area (TPSA) is 21.3 Å². The lowest BCUT2D eigenvalue weighted by Gasteiger charge is -2.38. The summed E-state index contributed by atoms with van der Waals surface area (Å²) in [5, 5.41) is 3.59. The SMILES string of the molecule is CCCNC(CC)COC1CC(C)CCC1C(C)C. The summed E-state index contributed by atoms with van der Waals surface area (Å²) in [7, 11) is 0. The quantitative estimate of drug-likeness (QED) is 0.711. The molecule has 0 aliphatic heterocycles. The lowest BCUT2D eigenvalue weighted by molar-refractivity contribution is -0.0460. The fraction of sp³-hybridized carbons (Fsp3) is 1.00. The first kappa shape index (κ1) is 17.0. The molecule has 0 bridgehead atoms. The molecule has 1 aliphatic rings. The second-order valence-electron chi connectivity index (χ2n) is 6.76. The van der Waals surface area contributed by atoms with Crippen LogP contribution in [-0.4, -0.2) is 25.3 Å². The highest BCUT2D eigenvalue weighted by atomic mass is 16.5. The lowest BCUT2D eigenvalue weighted by atomic mass is 9.75. The van der Waals surface area contributed by atoms with Crippen molar-refractivity contribution in [3.8, 4) is 0 Å². The van der Waals surface area contributed by atoms with Crippen LogP contribution in [0.3, 0.4) is 0 Å². The summed E-state index contributed by atoms with van der Waals surface area (Å²) in [4.78, 5) is 0. The van der Waals surface area contributed by atoms with Gasteiger partial charge in [0.1, 0.15) is 0 Å². The van der Waals surface area contributed by atoms with Crippen molar-refractivity contribution in [3.63, 3.8) is 0 Å². The number of ether oxygens (including phenoxy) is 1. The Morgan fingerprint density at radius 3 is 2.53 bits per heavy atom. The summed E-state index contributed by atoms with van der Waals surface area (Å²) in [5.41, 5.74) is 0. The average Bonchev–Trinajstić information content (AvgIpc) is 2.38. The van der Waals surface area contributed by atoms with E-state index in [4.69, 9.17) is 4.74 Å². The van der Waals surface area contributed by atoms with Gasteiger partial charge in [-0.3, -0.25) is 0 Å². The average molecular weight is 269 g/mol. The minimum Gasteiger partial charge on any atom is -0.376 e. The van der Waals surface area contributed by atoms with Crippen molar-refractivity contribution < 1.29 is 4.74 Å². The first-order valence-corrected chi connectivity index (χ1v) is 8.43. The van der Waals surface area contributed by atoms with Crippen molar-refractivity contribution in [1.29, 1.82) is 0 Å². The normalized spacial score (nSPS) is 29.7. The molecule has 0 spiro atoms. The van der Waals surface area contributed by atoms with E-state index in [1.807, 2.05) is 0 Å². The van der Waals surface area contributed by atoms with Gasteiger partial charge in [-0.05, 0) is 50.0 Å². The summed E-state index contributed by atoms with van der Waals surface area (Å²) in [6, 6.07) is 0.532. The van der Waals surface area contributed by atoms with Gasteiger partial charge < -0.3 is 10.1 Å². The van der Waals surface area contributed by atoms with Gasteiger partial charge in [0.15, 0.2) is 0 Å². The van der Waals surface area contributed by atoms with Crippen molar-refractivity contribution in [1.82, 2.24) is 5.32 Å². The van der Waals surface area contributed by atoms with Crippen molar-refractivity contribution in [2.75, 3.05) is 13.2 Å². The highest BCUT2D eigenvalue weighted by molar-refractivity contribution is 4.82. The Bertz CT molecular complexity index is 229. The van der Waals surface area contributed by atoms with Crippen molar-refractivity contribution in [3.05, 3.63) is 0 Å². The first-order valence-electron chi connectivity index (χ1n) is 8.43. The molecule has 4 atom stereocenters. The third kappa shape index (κ3) is 5.83. The van der Waals surface area contributed by atoms with E-state index in [1.165, 1.54) is 25.7 Å². The lowest BCUT2D eigenvalue weighted by Crippen LogP contribution is -2.39. The summed E-state index contributed by atoms with van der Waals surface area (Å²) in [6.45, 7) is 13.5. The zero-order valence-electron chi connectivity index (χ0n) is 13.7. The molecule has 1 rings (SSSR count). The second-order valence-corrected chi connectivity index (χ2v) is 6.76. The maximum atomic E-state index is 6.31. The Morgan fingerprint density at radius 2 is 1.95 bits per heavy atom. The monoisotopic (exact) mass is 269 g/mol. The Kier molecular flexibility index (Phi) is 8.01. The van der Waals surface area contributed by atoms with Crippen LogP contribution < -0.4 is 5.32 Å². The van der Waals surface area contributed by atoms with Crippen molar-refractivity contribution in [2.45, 2.75) is 78.9 Å². The summed E-state index contributed by atoms with van der Waals surface area (Å²) in [6.07, 6.45) is 6.84. The van der Waals surface area contributed by atoms with E-state index in [2.05, 4.69) is 39.9 Å². The van der Waals surface area contributed by atoms with E-state index in [-0.39, 0.29) is 0 Å². The van der Waals surface area contributed by atoms with Crippen LogP contribution in [0.1, 0.15) is 66.7 Å². The zero-order chi connectivity index (χ0) is 14.3. The third-order valence-electron chi connectivity index (χ3n) is 4.65. The standard InChI is InChI=1S/C17H35NO/c1-6-10-18-15(7-2)12-19-17-11-14(5)8-9-16(17)13(3)4/h13-18H,6-12H2,1-5H3. The van der Waals surface area contributed by atoms with Gasteiger partial charge in [0.25, 0.3) is 0 Å². The molecule has 1 N–H and O–H groups in total. The molecule has 0 saturated heterocycles. The van der Waals surface area contributed by atoms with Crippen LogP contribution in [-0.2, 0) is 4.74 Å². The molecule has 0 heterocycles. The van der Waals surface area contributed by atoms with Crippen molar-refractivity contribution >= 4 is 0 Å². The molecule has 114 valence electrons. The third-order valence-corrected chi connectivity index (χ3v) is 4.65. The predicted octanol–water partition coefficient (Wildman–Crippen LogP) is 4.24. The molecule has 1 fully saturated rings. The van der Waals surface area contributed by atoms with E-state index in [0.717, 1.165) is 37.3 Å². The Balaban J connectivity index is 2.42. The number of hydrogen-bond donors (Lipinski definition) is 1. The second kappa shape index (κ2) is 8.97. The first-order chi connectivity index (χ1) is 9.08. The molecule has 19 heavy (non-hydrogen) atoms. The number of hydrogen-bond acceptors (Lipinski definition) is 2. The van der Waals surface area contributed by atoms with Gasteiger partial charge in [0, 0.05) is 6.04 Å². The molecule has 0 radical (unpaired) electrons. The molecular weight excluding hydrogens is 234 g/mol. The van der Waals surface area contributed by atoms with Gasteiger partial charge in [-0.1, -0.05) is 41.0 Å². The predicted molar refractivity (Wildman–Crippen MR) is 83.5 cm³/mol. The minimum absolute atomic E-state index is 0.487. The van der Waals surface area contributed by atoms with E-state index in [9.17, 15) is 0 Å². The minimum atomic E-state index is 0.487. The number of rotatable bonds is 8. The van der Waals surface area contributed by atoms with Gasteiger partial charge in [-0.25, -0.2) is 0 Å². The van der Waals surface area contributed by atoms with Crippen molar-refractivity contribution in [2.24, 2.45) is 17.8 Å². The molecule has 2 nitrogen and oxygen atoms in total. The number of nitrogens with one attached hydrogen (secondary N) is 1. The summed E-state index contributed by atoms with van der Waals surface area (Å²) >= 11 is 0. The van der Waals surface area contributed by atoms with Crippen LogP contribution in [0.25, 0.3) is 0 Å². The maximum Gasteiger partial charge on any atom is 0.0623 e. The molecule has 1 aliphatic carbocycles. The summed E-state index contributed by atoms with van der Waals surface area (Å²) in [5.74, 6) is 2.35. The van der Waals surface area contributed by atoms with E-state index >= 15 is 0 Å². The molecule has 0 aromatic heterocycles. The molecule has 2 heteroatoms. The molecule has 0 aromatic carbocycles. The maximum absolute atomic E-state index is 6.31. The van der Waals surface area contributed by atoms with E-state index < -0.39 is 0 Å². The molecule has 0 amide bonds. The Labute approximate surface area is 120 Å². The largest absolute Gasteiger partial charge is 0.376 e. The smallest absolute Gasteiger partial charge is 0.0623 e. The van der Waals surface area contributed by atoms with Gasteiger partial charge in [0.05, 0.1) is 12.7 Å². The highest BCUT2D eigenvalue weighted by Crippen LogP contribution is 2.35. The Morgan fingerprint density at radius 1 is 1.21 bits per heavy atom. The van der Waals surface area contributed by atoms with E-state index in [0.29, 0.717) is 12.1 Å². The highest BCUT2D eigenvalue weighted by Gasteiger charge is 2.31. The van der Waals surface area contributed by atoms with Gasteiger partial charge in [0.2, 0.25) is 0 Å². The van der Waals surface area contributed by atoms with Crippen LogP contribution in [0.4, 0.5) is 0 Å². The molecular formula is C17H35NO. The van der Waals surface area contributed by atoms with Gasteiger partial charge in [-0.2, -0.15) is 0 Å². The molecule has 4 unspecified atom stereocenters. The van der Waals surface area contributed by atoms with Gasteiger partial charge in [-0.15, -0.1) is 0 Å². The summed E-state index contributed by atoms with van der Waals surface area (Å²) < 4.78 is 6.31. The molecule has 0 aromatic rings. The van der Waals surface area contributed by atoms with Crippen LogP contribution >= 0.6 is 0 Å². The Hall–Kier alpha value is -0.0800. The fourth-order valence-corrected chi connectivity index (χ4v) is 3.22. The van der Waals surface area contributed by atoms with Crippen LogP contribution in [0, 0.1) is 17.8 Å². The van der Waals surface area contributed by atoms with E-state index in [1.54, 1.807) is 0 Å².